The van der Waals surface area contributed by atoms with Crippen molar-refractivity contribution in [2.75, 3.05) is 26.2 Å². The summed E-state index contributed by atoms with van der Waals surface area (Å²) >= 11 is 6.06. The predicted octanol–water partition coefficient (Wildman–Crippen LogP) is 3.31. The van der Waals surface area contributed by atoms with E-state index in [0.717, 1.165) is 42.9 Å². The Morgan fingerprint density at radius 3 is 2.48 bits per heavy atom. The monoisotopic (exact) mass is 442 g/mol. The number of hydrogen-bond acceptors (Lipinski definition) is 5. The lowest BCUT2D eigenvalue weighted by molar-refractivity contribution is -0.160. The summed E-state index contributed by atoms with van der Waals surface area (Å²) in [7, 11) is 0. The molecule has 1 amide bonds. The van der Waals surface area contributed by atoms with Crippen LogP contribution in [0.15, 0.2) is 53.6 Å². The zero-order valence-corrected chi connectivity index (χ0v) is 17.8. The van der Waals surface area contributed by atoms with Crippen molar-refractivity contribution >= 4 is 23.2 Å². The molecule has 0 radical (unpaired) electrons. The molecule has 0 aromatic heterocycles. The van der Waals surface area contributed by atoms with Gasteiger partial charge in [-0.25, -0.2) is 9.51 Å². The first kappa shape index (κ1) is 20.4. The van der Waals surface area contributed by atoms with Gasteiger partial charge >= 0.3 is 0 Å². The largest absolute Gasteiger partial charge is 0.371 e. The molecule has 1 atom stereocenters. The van der Waals surface area contributed by atoms with E-state index >= 15 is 0 Å². The fourth-order valence-electron chi connectivity index (χ4n) is 4.27. The van der Waals surface area contributed by atoms with E-state index in [1.54, 1.807) is 12.1 Å². The molecule has 162 valence electrons. The van der Waals surface area contributed by atoms with Gasteiger partial charge in [0.2, 0.25) is 5.91 Å². The number of rotatable bonds is 6. The summed E-state index contributed by atoms with van der Waals surface area (Å²) in [5, 5.41) is 9.67. The Bertz CT molecular complexity index is 976. The summed E-state index contributed by atoms with van der Waals surface area (Å²) in [5.41, 5.74) is 2.85. The number of likely N-dealkylation sites (tertiary alicyclic amines) is 1. The lowest BCUT2D eigenvalue weighted by atomic mass is 10.0. The molecular formula is C23H24ClFN4O2. The van der Waals surface area contributed by atoms with Crippen LogP contribution < -0.4 is 0 Å². The summed E-state index contributed by atoms with van der Waals surface area (Å²) < 4.78 is 19.0. The molecule has 31 heavy (non-hydrogen) atoms. The van der Waals surface area contributed by atoms with Crippen molar-refractivity contribution in [3.63, 3.8) is 0 Å². The van der Waals surface area contributed by atoms with Gasteiger partial charge in [-0.2, -0.15) is 10.1 Å². The average molecular weight is 443 g/mol. The second kappa shape index (κ2) is 8.57. The molecule has 3 heterocycles. The van der Waals surface area contributed by atoms with E-state index in [-0.39, 0.29) is 23.9 Å². The standard InChI is InChI=1S/C23H24ClFN4O2/c24-18-7-5-17(6-8-18)23-21(28-11-1-2-22(28)30)14-29(26-23)27-12-20(13-27)31-15-16-3-9-19(25)10-4-16/h3-10,20-21H,1-2,11-15H2. The van der Waals surface area contributed by atoms with Gasteiger partial charge in [0.05, 0.1) is 31.0 Å². The Morgan fingerprint density at radius 1 is 1.06 bits per heavy atom. The topological polar surface area (TPSA) is 48.4 Å². The van der Waals surface area contributed by atoms with Crippen molar-refractivity contribution in [2.24, 2.45) is 5.10 Å². The number of hydrazine groups is 1. The second-order valence-electron chi connectivity index (χ2n) is 8.18. The van der Waals surface area contributed by atoms with E-state index in [1.807, 2.05) is 34.3 Å². The molecule has 2 aromatic carbocycles. The SMILES string of the molecule is O=C1CCCN1C1CN(N2CC(OCc3ccc(F)cc3)C2)N=C1c1ccc(Cl)cc1. The Balaban J connectivity index is 1.24. The lowest BCUT2D eigenvalue weighted by Gasteiger charge is -2.43. The van der Waals surface area contributed by atoms with Gasteiger partial charge < -0.3 is 9.64 Å². The molecule has 0 spiro atoms. The second-order valence-corrected chi connectivity index (χ2v) is 8.62. The molecule has 1 unspecified atom stereocenters. The fraction of sp³-hybridized carbons (Fsp3) is 0.391. The third-order valence-corrected chi connectivity index (χ3v) is 6.31. The molecule has 2 fully saturated rings. The van der Waals surface area contributed by atoms with E-state index in [2.05, 4.69) is 5.01 Å². The van der Waals surface area contributed by atoms with Crippen LogP contribution in [0.25, 0.3) is 0 Å². The first-order valence-electron chi connectivity index (χ1n) is 10.6. The summed E-state index contributed by atoms with van der Waals surface area (Å²) in [6, 6.07) is 14.0. The molecule has 0 bridgehead atoms. The number of hydrazone groups is 1. The highest BCUT2D eigenvalue weighted by Crippen LogP contribution is 2.27. The van der Waals surface area contributed by atoms with Gasteiger partial charge in [-0.1, -0.05) is 35.9 Å². The van der Waals surface area contributed by atoms with Crippen LogP contribution in [0.3, 0.4) is 0 Å². The summed E-state index contributed by atoms with van der Waals surface area (Å²) in [4.78, 5) is 14.4. The van der Waals surface area contributed by atoms with Crippen LogP contribution in [-0.2, 0) is 16.1 Å². The maximum absolute atomic E-state index is 13.0. The highest BCUT2D eigenvalue weighted by atomic mass is 35.5. The number of nitrogens with zero attached hydrogens (tertiary/aromatic N) is 4. The van der Waals surface area contributed by atoms with Crippen LogP contribution in [-0.4, -0.2) is 65.0 Å². The van der Waals surface area contributed by atoms with Crippen LogP contribution in [0.1, 0.15) is 24.0 Å². The van der Waals surface area contributed by atoms with Crippen LogP contribution in [0.2, 0.25) is 5.02 Å². The van der Waals surface area contributed by atoms with Gasteiger partial charge in [-0.05, 0) is 36.2 Å². The number of carbonyl (C=O) groups is 1. The first-order valence-corrected chi connectivity index (χ1v) is 11.0. The number of carbonyl (C=O) groups excluding carboxylic acids is 1. The minimum absolute atomic E-state index is 0.0599. The Morgan fingerprint density at radius 2 is 1.81 bits per heavy atom. The maximum Gasteiger partial charge on any atom is 0.223 e. The van der Waals surface area contributed by atoms with Crippen LogP contribution >= 0.6 is 11.6 Å². The van der Waals surface area contributed by atoms with Crippen LogP contribution in [0, 0.1) is 5.82 Å². The van der Waals surface area contributed by atoms with E-state index in [1.165, 1.54) is 12.1 Å². The molecule has 0 N–H and O–H groups in total. The van der Waals surface area contributed by atoms with E-state index < -0.39 is 0 Å². The molecule has 2 aromatic rings. The van der Waals surface area contributed by atoms with Crippen LogP contribution in [0.4, 0.5) is 4.39 Å². The van der Waals surface area contributed by atoms with Gasteiger partial charge in [0.15, 0.2) is 0 Å². The third-order valence-electron chi connectivity index (χ3n) is 6.06. The number of amides is 1. The molecule has 0 aliphatic carbocycles. The van der Waals surface area contributed by atoms with Crippen LogP contribution in [0.5, 0.6) is 0 Å². The van der Waals surface area contributed by atoms with E-state index in [0.29, 0.717) is 24.6 Å². The third kappa shape index (κ3) is 4.31. The molecule has 2 saturated heterocycles. The molecule has 3 aliphatic heterocycles. The van der Waals surface area contributed by atoms with E-state index in [9.17, 15) is 9.18 Å². The first-order chi connectivity index (χ1) is 15.1. The average Bonchev–Trinajstić information content (AvgIpc) is 3.35. The smallest absolute Gasteiger partial charge is 0.223 e. The highest BCUT2D eigenvalue weighted by Gasteiger charge is 2.41. The van der Waals surface area contributed by atoms with Gasteiger partial charge in [0.25, 0.3) is 0 Å². The normalized spacial score (nSPS) is 22.2. The van der Waals surface area contributed by atoms with Crippen molar-refractivity contribution in [2.45, 2.75) is 31.6 Å². The number of ether oxygens (including phenoxy) is 1. The fourth-order valence-corrected chi connectivity index (χ4v) is 4.40. The van der Waals surface area contributed by atoms with Gasteiger partial charge in [-0.15, -0.1) is 0 Å². The Hall–Kier alpha value is -2.48. The summed E-state index contributed by atoms with van der Waals surface area (Å²) in [6.07, 6.45) is 1.60. The minimum atomic E-state index is -0.243. The molecule has 8 heteroatoms. The number of halogens is 2. The van der Waals surface area contributed by atoms with Crippen molar-refractivity contribution in [3.05, 3.63) is 70.5 Å². The Kier molecular flexibility index (Phi) is 5.65. The zero-order chi connectivity index (χ0) is 21.4. The Labute approximate surface area is 185 Å². The predicted molar refractivity (Wildman–Crippen MR) is 116 cm³/mol. The molecule has 0 saturated carbocycles. The quantitative estimate of drug-likeness (QED) is 0.688. The van der Waals surface area contributed by atoms with E-state index in [4.69, 9.17) is 21.4 Å². The molecule has 6 nitrogen and oxygen atoms in total. The van der Waals surface area contributed by atoms with Gasteiger partial charge in [0, 0.05) is 36.6 Å². The van der Waals surface area contributed by atoms with Gasteiger partial charge in [-0.3, -0.25) is 4.79 Å². The van der Waals surface area contributed by atoms with Crippen molar-refractivity contribution in [3.8, 4) is 0 Å². The van der Waals surface area contributed by atoms with Crippen molar-refractivity contribution in [1.29, 1.82) is 0 Å². The lowest BCUT2D eigenvalue weighted by Crippen LogP contribution is -2.58. The minimum Gasteiger partial charge on any atom is -0.371 e. The molecule has 5 rings (SSSR count). The van der Waals surface area contributed by atoms with Crippen molar-refractivity contribution < 1.29 is 13.9 Å². The summed E-state index contributed by atoms with van der Waals surface area (Å²) in [6.45, 7) is 3.35. The van der Waals surface area contributed by atoms with Crippen molar-refractivity contribution in [1.82, 2.24) is 15.0 Å². The molecular weight excluding hydrogens is 419 g/mol. The van der Waals surface area contributed by atoms with Gasteiger partial charge in [0.1, 0.15) is 5.82 Å². The summed E-state index contributed by atoms with van der Waals surface area (Å²) in [5.74, 6) is -0.0503. The zero-order valence-electron chi connectivity index (χ0n) is 17.1. The number of benzene rings is 2. The highest BCUT2D eigenvalue weighted by molar-refractivity contribution is 6.30. The molecule has 3 aliphatic rings. The number of hydrogen-bond donors (Lipinski definition) is 0. The maximum atomic E-state index is 13.0.